The molecule has 1 aromatic carbocycles. The van der Waals surface area contributed by atoms with E-state index in [-0.39, 0.29) is 23.7 Å². The first kappa shape index (κ1) is 17.8. The van der Waals surface area contributed by atoms with E-state index >= 15 is 0 Å². The number of carbonyl (C=O) groups is 1. The van der Waals surface area contributed by atoms with Crippen molar-refractivity contribution in [1.82, 2.24) is 25.5 Å². The number of aromatic nitrogens is 4. The number of hydrogen-bond acceptors (Lipinski definition) is 5. The van der Waals surface area contributed by atoms with E-state index in [1.807, 2.05) is 24.3 Å². The fourth-order valence-electron chi connectivity index (χ4n) is 4.16. The van der Waals surface area contributed by atoms with Gasteiger partial charge in [0.2, 0.25) is 5.91 Å². The van der Waals surface area contributed by atoms with Crippen LogP contribution >= 0.6 is 12.4 Å². The van der Waals surface area contributed by atoms with E-state index in [4.69, 9.17) is 0 Å². The van der Waals surface area contributed by atoms with Crippen molar-refractivity contribution >= 4 is 24.0 Å². The Bertz CT molecular complexity index is 763. The molecule has 0 unspecified atom stereocenters. The largest absolute Gasteiger partial charge is 0.326 e. The molecule has 2 heterocycles. The smallest absolute Gasteiger partial charge is 0.232 e. The summed E-state index contributed by atoms with van der Waals surface area (Å²) in [6.45, 7) is 1.74. The molecule has 25 heavy (non-hydrogen) atoms. The summed E-state index contributed by atoms with van der Waals surface area (Å²) in [4.78, 5) is 13.0. The summed E-state index contributed by atoms with van der Waals surface area (Å²) in [7, 11) is 1.80. The zero-order valence-electron chi connectivity index (χ0n) is 14.2. The number of nitrogens with zero attached hydrogens (tertiary/aromatic N) is 4. The summed E-state index contributed by atoms with van der Waals surface area (Å²) in [5.41, 5.74) is 1.44. The lowest BCUT2D eigenvalue weighted by atomic mass is 9.67. The normalized spacial score (nSPS) is 25.1. The fraction of sp³-hybridized carbons (Fsp3) is 0.529. The number of aryl methyl sites for hydroxylation is 1. The molecular weight excluding hydrogens is 340 g/mol. The van der Waals surface area contributed by atoms with Crippen LogP contribution in [0.5, 0.6) is 0 Å². The van der Waals surface area contributed by atoms with Crippen LogP contribution in [-0.4, -0.2) is 39.2 Å². The van der Waals surface area contributed by atoms with Gasteiger partial charge in [-0.1, -0.05) is 25.0 Å². The van der Waals surface area contributed by atoms with Crippen molar-refractivity contribution in [3.8, 4) is 11.4 Å². The first-order valence-corrected chi connectivity index (χ1v) is 8.54. The summed E-state index contributed by atoms with van der Waals surface area (Å²) >= 11 is 0. The van der Waals surface area contributed by atoms with Crippen molar-refractivity contribution in [1.29, 1.82) is 0 Å². The van der Waals surface area contributed by atoms with Gasteiger partial charge in [0.05, 0.1) is 5.41 Å². The zero-order chi connectivity index (χ0) is 16.6. The average Bonchev–Trinajstić information content (AvgIpc) is 3.21. The maximum atomic E-state index is 13.0. The number of rotatable bonds is 3. The van der Waals surface area contributed by atoms with Gasteiger partial charge in [0.25, 0.3) is 0 Å². The molecule has 7 nitrogen and oxygen atoms in total. The van der Waals surface area contributed by atoms with Crippen LogP contribution in [0.2, 0.25) is 0 Å². The molecule has 2 aromatic rings. The summed E-state index contributed by atoms with van der Waals surface area (Å²) in [6, 6.07) is 7.71. The molecule has 0 radical (unpaired) electrons. The Kier molecular flexibility index (Phi) is 5.06. The standard InChI is InChI=1S/C17H22N6O.ClH/c1-23-15(20-21-22-23)12-5-4-7-14(9-12)19-16(24)17-8-3-2-6-13(17)10-18-11-17;/h4-5,7,9,13,18H,2-3,6,8,10-11H2,1H3,(H,19,24);1H/t13-,17+;/m0./s1. The van der Waals surface area contributed by atoms with Crippen LogP contribution in [-0.2, 0) is 11.8 Å². The van der Waals surface area contributed by atoms with Crippen LogP contribution < -0.4 is 10.6 Å². The van der Waals surface area contributed by atoms with E-state index in [1.165, 1.54) is 6.42 Å². The molecule has 0 bridgehead atoms. The van der Waals surface area contributed by atoms with Gasteiger partial charge >= 0.3 is 0 Å². The molecule has 1 aliphatic heterocycles. The summed E-state index contributed by atoms with van der Waals surface area (Å²) in [5.74, 6) is 1.28. The second kappa shape index (κ2) is 7.09. The van der Waals surface area contributed by atoms with Crippen LogP contribution in [0.15, 0.2) is 24.3 Å². The van der Waals surface area contributed by atoms with E-state index in [0.29, 0.717) is 11.7 Å². The Hall–Kier alpha value is -1.99. The number of benzene rings is 1. The van der Waals surface area contributed by atoms with Crippen LogP contribution in [0.25, 0.3) is 11.4 Å². The first-order valence-electron chi connectivity index (χ1n) is 8.54. The van der Waals surface area contributed by atoms with Crippen LogP contribution in [0.4, 0.5) is 5.69 Å². The van der Waals surface area contributed by atoms with Crippen molar-refractivity contribution in [2.45, 2.75) is 25.7 Å². The Balaban J connectivity index is 0.00000182. The van der Waals surface area contributed by atoms with Gasteiger partial charge in [0.15, 0.2) is 5.82 Å². The monoisotopic (exact) mass is 362 g/mol. The minimum Gasteiger partial charge on any atom is -0.326 e. The number of hydrogen-bond donors (Lipinski definition) is 2. The molecular formula is C17H23ClN6O. The highest BCUT2D eigenvalue weighted by atomic mass is 35.5. The SMILES string of the molecule is Cl.Cn1nnnc1-c1cccc(NC(=O)[C@@]23CCCC[C@H]2CNC3)c1. The summed E-state index contributed by atoms with van der Waals surface area (Å²) in [6.07, 6.45) is 4.49. The highest BCUT2D eigenvalue weighted by Crippen LogP contribution is 2.44. The van der Waals surface area contributed by atoms with E-state index in [2.05, 4.69) is 26.2 Å². The zero-order valence-corrected chi connectivity index (χ0v) is 15.1. The molecule has 1 aliphatic carbocycles. The quantitative estimate of drug-likeness (QED) is 0.872. The molecule has 2 fully saturated rings. The molecule has 8 heteroatoms. The molecule has 2 aliphatic rings. The maximum absolute atomic E-state index is 13.0. The van der Waals surface area contributed by atoms with Crippen LogP contribution in [0.1, 0.15) is 25.7 Å². The summed E-state index contributed by atoms with van der Waals surface area (Å²) in [5, 5.41) is 18.1. The third-order valence-electron chi connectivity index (χ3n) is 5.49. The number of tetrazole rings is 1. The minimum atomic E-state index is -0.249. The summed E-state index contributed by atoms with van der Waals surface area (Å²) < 4.78 is 1.62. The van der Waals surface area contributed by atoms with E-state index in [9.17, 15) is 4.79 Å². The Morgan fingerprint density at radius 1 is 1.40 bits per heavy atom. The number of halogens is 1. The van der Waals surface area contributed by atoms with E-state index < -0.39 is 0 Å². The number of nitrogens with one attached hydrogen (secondary N) is 2. The van der Waals surface area contributed by atoms with E-state index in [1.54, 1.807) is 11.7 Å². The molecule has 134 valence electrons. The highest BCUT2D eigenvalue weighted by molar-refractivity contribution is 5.96. The Labute approximate surface area is 153 Å². The van der Waals surface area contributed by atoms with Gasteiger partial charge in [0.1, 0.15) is 0 Å². The topological polar surface area (TPSA) is 84.7 Å². The predicted molar refractivity (Wildman–Crippen MR) is 97.4 cm³/mol. The minimum absolute atomic E-state index is 0. The van der Waals surface area contributed by atoms with Gasteiger partial charge in [-0.3, -0.25) is 4.79 Å². The van der Waals surface area contributed by atoms with Gasteiger partial charge < -0.3 is 10.6 Å². The Morgan fingerprint density at radius 3 is 3.08 bits per heavy atom. The first-order chi connectivity index (χ1) is 11.7. The van der Waals surface area contributed by atoms with Crippen molar-refractivity contribution in [2.75, 3.05) is 18.4 Å². The van der Waals surface area contributed by atoms with Gasteiger partial charge in [-0.05, 0) is 47.9 Å². The predicted octanol–water partition coefficient (Wildman–Crippen LogP) is 2.02. The Morgan fingerprint density at radius 2 is 2.28 bits per heavy atom. The van der Waals surface area contributed by atoms with Gasteiger partial charge in [-0.25, -0.2) is 4.68 Å². The van der Waals surface area contributed by atoms with Crippen molar-refractivity contribution in [3.05, 3.63) is 24.3 Å². The van der Waals surface area contributed by atoms with Crippen LogP contribution in [0, 0.1) is 11.3 Å². The molecule has 1 saturated carbocycles. The highest BCUT2D eigenvalue weighted by Gasteiger charge is 2.49. The molecule has 2 N–H and O–H groups in total. The van der Waals surface area contributed by atoms with Gasteiger partial charge in [-0.15, -0.1) is 17.5 Å². The third-order valence-corrected chi connectivity index (χ3v) is 5.49. The number of carbonyl (C=O) groups excluding carboxylic acids is 1. The van der Waals surface area contributed by atoms with Gasteiger partial charge in [-0.2, -0.15) is 0 Å². The lowest BCUT2D eigenvalue weighted by molar-refractivity contribution is -0.128. The third kappa shape index (κ3) is 3.14. The molecule has 1 aromatic heterocycles. The second-order valence-electron chi connectivity index (χ2n) is 6.89. The lowest BCUT2D eigenvalue weighted by Gasteiger charge is -2.37. The van der Waals surface area contributed by atoms with Crippen molar-refractivity contribution < 1.29 is 4.79 Å². The van der Waals surface area contributed by atoms with Crippen LogP contribution in [0.3, 0.4) is 0 Å². The fourth-order valence-corrected chi connectivity index (χ4v) is 4.16. The number of fused-ring (bicyclic) bond motifs is 1. The van der Waals surface area contributed by atoms with Crippen molar-refractivity contribution in [3.63, 3.8) is 0 Å². The number of amides is 1. The van der Waals surface area contributed by atoms with Crippen molar-refractivity contribution in [2.24, 2.45) is 18.4 Å². The molecule has 2 atom stereocenters. The lowest BCUT2D eigenvalue weighted by Crippen LogP contribution is -2.44. The molecule has 1 amide bonds. The van der Waals surface area contributed by atoms with Gasteiger partial charge in [0, 0.05) is 24.8 Å². The molecule has 1 saturated heterocycles. The molecule has 0 spiro atoms. The van der Waals surface area contributed by atoms with E-state index in [0.717, 1.165) is 43.6 Å². The average molecular weight is 363 g/mol. The number of anilines is 1. The second-order valence-corrected chi connectivity index (χ2v) is 6.89. The maximum Gasteiger partial charge on any atom is 0.232 e. The molecule has 4 rings (SSSR count).